The summed E-state index contributed by atoms with van der Waals surface area (Å²) in [6.45, 7) is 0. The molecule has 0 saturated heterocycles. The fourth-order valence-corrected chi connectivity index (χ4v) is 2.50. The Bertz CT molecular complexity index is 472. The summed E-state index contributed by atoms with van der Waals surface area (Å²) in [5.74, 6) is -0.538. The van der Waals surface area contributed by atoms with Crippen LogP contribution in [-0.4, -0.2) is 28.7 Å². The first kappa shape index (κ1) is 14.2. The van der Waals surface area contributed by atoms with Crippen molar-refractivity contribution in [3.8, 4) is 0 Å². The van der Waals surface area contributed by atoms with Gasteiger partial charge in [0.25, 0.3) is 5.91 Å². The summed E-state index contributed by atoms with van der Waals surface area (Å²) in [6, 6.07) is 5.44. The predicted octanol–water partition coefficient (Wildman–Crippen LogP) is 2.55. The summed E-state index contributed by atoms with van der Waals surface area (Å²) in [5, 5.41) is 11.7. The van der Waals surface area contributed by atoms with Crippen LogP contribution in [0.5, 0.6) is 0 Å². The van der Waals surface area contributed by atoms with Gasteiger partial charge in [0.2, 0.25) is 0 Å². The third-order valence-electron chi connectivity index (χ3n) is 2.81. The van der Waals surface area contributed by atoms with Crippen LogP contribution in [-0.2, 0) is 0 Å². The van der Waals surface area contributed by atoms with Crippen molar-refractivity contribution in [2.45, 2.75) is 35.4 Å². The summed E-state index contributed by atoms with van der Waals surface area (Å²) < 4.78 is 37.1. The number of aliphatic hydroxyl groups excluding tert-OH is 1. The molecule has 1 aliphatic rings. The first-order chi connectivity index (χ1) is 8.85. The van der Waals surface area contributed by atoms with E-state index >= 15 is 0 Å². The molecular weight excluding hydrogens is 279 g/mol. The van der Waals surface area contributed by atoms with Crippen molar-refractivity contribution >= 4 is 17.7 Å². The minimum Gasteiger partial charge on any atom is -0.393 e. The number of carbonyl (C=O) groups excluding carboxylic acids is 1. The van der Waals surface area contributed by atoms with Gasteiger partial charge in [0.1, 0.15) is 0 Å². The van der Waals surface area contributed by atoms with Gasteiger partial charge in [-0.2, -0.15) is 13.2 Å². The zero-order chi connectivity index (χ0) is 14.0. The monoisotopic (exact) mass is 291 g/mol. The third-order valence-corrected chi connectivity index (χ3v) is 3.61. The minimum atomic E-state index is -4.43. The van der Waals surface area contributed by atoms with Crippen LogP contribution < -0.4 is 5.32 Å². The smallest absolute Gasteiger partial charge is 0.393 e. The molecule has 3 nitrogen and oxygen atoms in total. The highest BCUT2D eigenvalue weighted by Gasteiger charge is 2.33. The molecule has 7 heteroatoms. The van der Waals surface area contributed by atoms with E-state index in [1.54, 1.807) is 0 Å². The zero-order valence-corrected chi connectivity index (χ0v) is 10.6. The SMILES string of the molecule is O=C(NC1CC(O)C1)c1ccccc1SC(F)(F)F. The van der Waals surface area contributed by atoms with E-state index in [0.29, 0.717) is 12.8 Å². The van der Waals surface area contributed by atoms with E-state index in [0.717, 1.165) is 0 Å². The van der Waals surface area contributed by atoms with Gasteiger partial charge < -0.3 is 10.4 Å². The second kappa shape index (κ2) is 5.42. The lowest BCUT2D eigenvalue weighted by Gasteiger charge is -2.32. The van der Waals surface area contributed by atoms with Crippen molar-refractivity contribution in [1.29, 1.82) is 0 Å². The van der Waals surface area contributed by atoms with Crippen molar-refractivity contribution in [1.82, 2.24) is 5.32 Å². The number of thioether (sulfide) groups is 1. The molecule has 0 atom stereocenters. The minimum absolute atomic E-state index is 0.00575. The highest BCUT2D eigenvalue weighted by atomic mass is 32.2. The van der Waals surface area contributed by atoms with Crippen molar-refractivity contribution in [2.75, 3.05) is 0 Å². The van der Waals surface area contributed by atoms with Crippen LogP contribution in [0.1, 0.15) is 23.2 Å². The lowest BCUT2D eigenvalue weighted by Crippen LogP contribution is -2.46. The van der Waals surface area contributed by atoms with Gasteiger partial charge in [-0.3, -0.25) is 4.79 Å². The van der Waals surface area contributed by atoms with Crippen molar-refractivity contribution < 1.29 is 23.1 Å². The van der Waals surface area contributed by atoms with E-state index in [1.807, 2.05) is 0 Å². The third kappa shape index (κ3) is 3.87. The van der Waals surface area contributed by atoms with Gasteiger partial charge in [0.05, 0.1) is 11.7 Å². The van der Waals surface area contributed by atoms with E-state index in [4.69, 9.17) is 5.11 Å². The number of alkyl halides is 3. The molecular formula is C12H12F3NO2S. The molecule has 0 aromatic heterocycles. The molecule has 1 fully saturated rings. The summed E-state index contributed by atoms with van der Waals surface area (Å²) in [4.78, 5) is 11.8. The number of nitrogens with one attached hydrogen (secondary N) is 1. The Morgan fingerprint density at radius 1 is 1.32 bits per heavy atom. The number of hydrogen-bond acceptors (Lipinski definition) is 3. The maximum absolute atomic E-state index is 12.4. The molecule has 1 saturated carbocycles. The van der Waals surface area contributed by atoms with Gasteiger partial charge in [-0.05, 0) is 36.7 Å². The van der Waals surface area contributed by atoms with E-state index in [9.17, 15) is 18.0 Å². The van der Waals surface area contributed by atoms with Gasteiger partial charge in [-0.15, -0.1) is 0 Å². The molecule has 0 radical (unpaired) electrons. The average Bonchev–Trinajstić information content (AvgIpc) is 2.25. The summed E-state index contributed by atoms with van der Waals surface area (Å²) in [5.41, 5.74) is -4.42. The summed E-state index contributed by atoms with van der Waals surface area (Å²) in [6.07, 6.45) is 0.464. The van der Waals surface area contributed by atoms with Crippen LogP contribution in [0.25, 0.3) is 0 Å². The van der Waals surface area contributed by atoms with E-state index in [1.165, 1.54) is 24.3 Å². The Kier molecular flexibility index (Phi) is 4.05. The first-order valence-corrected chi connectivity index (χ1v) is 6.50. The number of amides is 1. The second-order valence-corrected chi connectivity index (χ2v) is 5.45. The lowest BCUT2D eigenvalue weighted by molar-refractivity contribution is -0.0328. The number of rotatable bonds is 3. The molecule has 1 aliphatic carbocycles. The molecule has 19 heavy (non-hydrogen) atoms. The van der Waals surface area contributed by atoms with Crippen LogP contribution in [0.4, 0.5) is 13.2 Å². The van der Waals surface area contributed by atoms with Crippen molar-refractivity contribution in [3.05, 3.63) is 29.8 Å². The second-order valence-electron chi connectivity index (χ2n) is 4.34. The molecule has 2 N–H and O–H groups in total. The molecule has 1 aromatic rings. The number of aliphatic hydroxyl groups is 1. The molecule has 0 bridgehead atoms. The fraction of sp³-hybridized carbons (Fsp3) is 0.417. The Labute approximate surface area is 112 Å². The summed E-state index contributed by atoms with van der Waals surface area (Å²) in [7, 11) is 0. The van der Waals surface area contributed by atoms with Gasteiger partial charge in [-0.1, -0.05) is 12.1 Å². The average molecular weight is 291 g/mol. The Balaban J connectivity index is 2.08. The van der Waals surface area contributed by atoms with Crippen molar-refractivity contribution in [3.63, 3.8) is 0 Å². The maximum atomic E-state index is 12.4. The Hall–Kier alpha value is -1.21. The standard InChI is InChI=1S/C12H12F3NO2S/c13-12(14,15)19-10-4-2-1-3-9(10)11(18)16-7-5-8(17)6-7/h1-4,7-8,17H,5-6H2,(H,16,18). The molecule has 104 valence electrons. The largest absolute Gasteiger partial charge is 0.446 e. The van der Waals surface area contributed by atoms with Gasteiger partial charge in [0.15, 0.2) is 0 Å². The maximum Gasteiger partial charge on any atom is 0.446 e. The number of carbonyl (C=O) groups is 1. The first-order valence-electron chi connectivity index (χ1n) is 5.69. The lowest BCUT2D eigenvalue weighted by atomic mass is 9.89. The molecule has 0 aliphatic heterocycles. The quantitative estimate of drug-likeness (QED) is 0.841. The van der Waals surface area contributed by atoms with Crippen LogP contribution in [0, 0.1) is 0 Å². The highest BCUT2D eigenvalue weighted by Crippen LogP contribution is 2.38. The van der Waals surface area contributed by atoms with Gasteiger partial charge in [0, 0.05) is 10.9 Å². The molecule has 0 spiro atoms. The Morgan fingerprint density at radius 3 is 2.53 bits per heavy atom. The zero-order valence-electron chi connectivity index (χ0n) is 9.78. The normalized spacial score (nSPS) is 22.7. The topological polar surface area (TPSA) is 49.3 Å². The number of hydrogen-bond donors (Lipinski definition) is 2. The predicted molar refractivity (Wildman–Crippen MR) is 64.8 cm³/mol. The van der Waals surface area contributed by atoms with E-state index in [2.05, 4.69) is 5.32 Å². The van der Waals surface area contributed by atoms with Gasteiger partial charge >= 0.3 is 5.51 Å². The molecule has 1 aromatic carbocycles. The van der Waals surface area contributed by atoms with Crippen LogP contribution in [0.15, 0.2) is 29.2 Å². The van der Waals surface area contributed by atoms with E-state index in [-0.39, 0.29) is 28.3 Å². The van der Waals surface area contributed by atoms with Crippen LogP contribution >= 0.6 is 11.8 Å². The fourth-order valence-electron chi connectivity index (χ4n) is 1.84. The molecule has 1 amide bonds. The number of benzene rings is 1. The van der Waals surface area contributed by atoms with E-state index < -0.39 is 17.5 Å². The van der Waals surface area contributed by atoms with Crippen LogP contribution in [0.3, 0.4) is 0 Å². The van der Waals surface area contributed by atoms with Crippen LogP contribution in [0.2, 0.25) is 0 Å². The Morgan fingerprint density at radius 2 is 1.95 bits per heavy atom. The van der Waals surface area contributed by atoms with Gasteiger partial charge in [-0.25, -0.2) is 0 Å². The van der Waals surface area contributed by atoms with Crippen molar-refractivity contribution in [2.24, 2.45) is 0 Å². The number of halogens is 3. The highest BCUT2D eigenvalue weighted by molar-refractivity contribution is 8.00. The molecule has 2 rings (SSSR count). The molecule has 0 unspecified atom stereocenters. The summed E-state index contributed by atoms with van der Waals surface area (Å²) >= 11 is -0.301. The molecule has 0 heterocycles.